The lowest BCUT2D eigenvalue weighted by molar-refractivity contribution is 0.154. The normalized spacial score (nSPS) is 18.9. The molecule has 1 aliphatic rings. The minimum absolute atomic E-state index is 0.0750. The van der Waals surface area contributed by atoms with Crippen LogP contribution in [0.1, 0.15) is 18.3 Å². The maximum absolute atomic E-state index is 11.0. The standard InChI is InChI=1S/C13H13Cl2N3O2/c14-6-12-16-10-5-8(15)1-2-11(10)18(12)9-3-4-17(7-9)13(19)20/h1-2,5,9H,3-4,6-7H2,(H,19,20). The molecule has 0 bridgehead atoms. The van der Waals surface area contributed by atoms with Crippen molar-refractivity contribution in [3.05, 3.63) is 29.0 Å². The van der Waals surface area contributed by atoms with Crippen LogP contribution in [0.15, 0.2) is 18.2 Å². The van der Waals surface area contributed by atoms with Crippen molar-refractivity contribution in [3.8, 4) is 0 Å². The molecule has 1 aliphatic heterocycles. The topological polar surface area (TPSA) is 58.4 Å². The van der Waals surface area contributed by atoms with Crippen LogP contribution in [-0.2, 0) is 5.88 Å². The molecule has 1 atom stereocenters. The fourth-order valence-electron chi connectivity index (χ4n) is 2.75. The summed E-state index contributed by atoms with van der Waals surface area (Å²) in [5, 5.41) is 9.69. The fraction of sp³-hybridized carbons (Fsp3) is 0.385. The SMILES string of the molecule is O=C(O)N1CCC(n2c(CCl)nc3cc(Cl)ccc32)C1. The Balaban J connectivity index is 2.04. The second-order valence-electron chi connectivity index (χ2n) is 4.84. The first-order chi connectivity index (χ1) is 9.60. The van der Waals surface area contributed by atoms with Crippen LogP contribution in [0, 0.1) is 0 Å². The third-order valence-corrected chi connectivity index (χ3v) is 4.12. The van der Waals surface area contributed by atoms with Gasteiger partial charge in [-0.25, -0.2) is 9.78 Å². The first kappa shape index (κ1) is 13.5. The smallest absolute Gasteiger partial charge is 0.407 e. The molecule has 2 heterocycles. The number of aromatic nitrogens is 2. The molecule has 0 saturated carbocycles. The van der Waals surface area contributed by atoms with E-state index in [1.807, 2.05) is 16.7 Å². The van der Waals surface area contributed by atoms with Gasteiger partial charge in [0, 0.05) is 18.1 Å². The molecule has 3 rings (SSSR count). The van der Waals surface area contributed by atoms with Gasteiger partial charge >= 0.3 is 6.09 Å². The number of hydrogen-bond donors (Lipinski definition) is 1. The Labute approximate surface area is 125 Å². The van der Waals surface area contributed by atoms with Gasteiger partial charge in [0.2, 0.25) is 0 Å². The van der Waals surface area contributed by atoms with E-state index in [-0.39, 0.29) is 11.9 Å². The lowest BCUT2D eigenvalue weighted by Crippen LogP contribution is -2.27. The summed E-state index contributed by atoms with van der Waals surface area (Å²) in [7, 11) is 0. The van der Waals surface area contributed by atoms with Gasteiger partial charge in [0.25, 0.3) is 0 Å². The fourth-order valence-corrected chi connectivity index (χ4v) is 3.10. The molecule has 1 N–H and O–H groups in total. The minimum Gasteiger partial charge on any atom is -0.465 e. The second-order valence-corrected chi connectivity index (χ2v) is 5.54. The first-order valence-corrected chi connectivity index (χ1v) is 7.21. The van der Waals surface area contributed by atoms with Crippen molar-refractivity contribution in [2.75, 3.05) is 13.1 Å². The highest BCUT2D eigenvalue weighted by Crippen LogP contribution is 2.30. The molecule has 20 heavy (non-hydrogen) atoms. The molecule has 1 amide bonds. The zero-order valence-corrected chi connectivity index (χ0v) is 12.1. The maximum atomic E-state index is 11.0. The Morgan fingerprint density at radius 1 is 1.50 bits per heavy atom. The Hall–Kier alpha value is -1.46. The van der Waals surface area contributed by atoms with Crippen LogP contribution in [0.5, 0.6) is 0 Å². The summed E-state index contributed by atoms with van der Waals surface area (Å²) in [6.45, 7) is 1.00. The quantitative estimate of drug-likeness (QED) is 0.865. The first-order valence-electron chi connectivity index (χ1n) is 6.30. The molecular weight excluding hydrogens is 301 g/mol. The molecule has 1 fully saturated rings. The third-order valence-electron chi connectivity index (χ3n) is 3.64. The summed E-state index contributed by atoms with van der Waals surface area (Å²) in [5.41, 5.74) is 1.74. The van der Waals surface area contributed by atoms with Gasteiger partial charge in [-0.2, -0.15) is 0 Å². The molecule has 106 valence electrons. The Kier molecular flexibility index (Phi) is 3.48. The molecule has 1 aromatic heterocycles. The van der Waals surface area contributed by atoms with E-state index >= 15 is 0 Å². The van der Waals surface area contributed by atoms with E-state index in [1.165, 1.54) is 4.90 Å². The van der Waals surface area contributed by atoms with Crippen LogP contribution < -0.4 is 0 Å². The minimum atomic E-state index is -0.882. The average Bonchev–Trinajstić information content (AvgIpc) is 3.00. The van der Waals surface area contributed by atoms with E-state index in [9.17, 15) is 4.79 Å². The van der Waals surface area contributed by atoms with E-state index in [0.717, 1.165) is 23.3 Å². The Morgan fingerprint density at radius 3 is 2.95 bits per heavy atom. The van der Waals surface area contributed by atoms with Gasteiger partial charge in [-0.05, 0) is 24.6 Å². The molecule has 7 heteroatoms. The number of benzene rings is 1. The van der Waals surface area contributed by atoms with Gasteiger partial charge in [-0.1, -0.05) is 11.6 Å². The van der Waals surface area contributed by atoms with Crippen LogP contribution in [-0.4, -0.2) is 38.7 Å². The van der Waals surface area contributed by atoms with Crippen LogP contribution in [0.3, 0.4) is 0 Å². The molecule has 0 spiro atoms. The van der Waals surface area contributed by atoms with Gasteiger partial charge in [0.1, 0.15) is 5.82 Å². The number of fused-ring (bicyclic) bond motifs is 1. The van der Waals surface area contributed by atoms with Crippen LogP contribution >= 0.6 is 23.2 Å². The number of carboxylic acid groups (broad SMARTS) is 1. The molecule has 1 saturated heterocycles. The number of carbonyl (C=O) groups is 1. The van der Waals surface area contributed by atoms with Gasteiger partial charge in [0.05, 0.1) is 23.0 Å². The van der Waals surface area contributed by atoms with Crippen molar-refractivity contribution in [1.82, 2.24) is 14.5 Å². The van der Waals surface area contributed by atoms with Crippen LogP contribution in [0.4, 0.5) is 4.79 Å². The molecule has 1 aromatic carbocycles. The Bertz CT molecular complexity index is 671. The predicted molar refractivity (Wildman–Crippen MR) is 77.6 cm³/mol. The summed E-state index contributed by atoms with van der Waals surface area (Å²) in [6, 6.07) is 5.59. The number of halogens is 2. The van der Waals surface area contributed by atoms with E-state index < -0.39 is 6.09 Å². The van der Waals surface area contributed by atoms with E-state index in [1.54, 1.807) is 6.07 Å². The number of hydrogen-bond acceptors (Lipinski definition) is 2. The highest BCUT2D eigenvalue weighted by Gasteiger charge is 2.29. The summed E-state index contributed by atoms with van der Waals surface area (Å²) in [5.74, 6) is 1.04. The molecule has 0 aliphatic carbocycles. The van der Waals surface area contributed by atoms with Crippen molar-refractivity contribution < 1.29 is 9.90 Å². The molecule has 1 unspecified atom stereocenters. The summed E-state index contributed by atoms with van der Waals surface area (Å²) < 4.78 is 2.04. The largest absolute Gasteiger partial charge is 0.465 e. The zero-order chi connectivity index (χ0) is 14.3. The monoisotopic (exact) mass is 313 g/mol. The van der Waals surface area contributed by atoms with Crippen molar-refractivity contribution >= 4 is 40.3 Å². The summed E-state index contributed by atoms with van der Waals surface area (Å²) >= 11 is 12.0. The molecule has 5 nitrogen and oxygen atoms in total. The van der Waals surface area contributed by atoms with Crippen molar-refractivity contribution in [1.29, 1.82) is 0 Å². The number of rotatable bonds is 2. The third kappa shape index (κ3) is 2.21. The van der Waals surface area contributed by atoms with E-state index in [0.29, 0.717) is 18.1 Å². The zero-order valence-electron chi connectivity index (χ0n) is 10.6. The second kappa shape index (κ2) is 5.14. The maximum Gasteiger partial charge on any atom is 0.407 e. The number of alkyl halides is 1. The lowest BCUT2D eigenvalue weighted by atomic mass is 10.2. The Morgan fingerprint density at radius 2 is 2.30 bits per heavy atom. The molecule has 0 radical (unpaired) electrons. The molecule has 2 aromatic rings. The number of likely N-dealkylation sites (tertiary alicyclic amines) is 1. The van der Waals surface area contributed by atoms with Gasteiger partial charge in [-0.15, -0.1) is 11.6 Å². The van der Waals surface area contributed by atoms with Gasteiger partial charge < -0.3 is 14.6 Å². The number of amides is 1. The highest BCUT2D eigenvalue weighted by atomic mass is 35.5. The summed E-state index contributed by atoms with van der Waals surface area (Å²) in [4.78, 5) is 16.9. The summed E-state index contributed by atoms with van der Waals surface area (Å²) in [6.07, 6.45) is -0.114. The highest BCUT2D eigenvalue weighted by molar-refractivity contribution is 6.31. The lowest BCUT2D eigenvalue weighted by Gasteiger charge is -2.16. The average molecular weight is 314 g/mol. The predicted octanol–water partition coefficient (Wildman–Crippen LogP) is 3.35. The van der Waals surface area contributed by atoms with Crippen molar-refractivity contribution in [3.63, 3.8) is 0 Å². The van der Waals surface area contributed by atoms with Crippen molar-refractivity contribution in [2.24, 2.45) is 0 Å². The number of nitrogens with zero attached hydrogens (tertiary/aromatic N) is 3. The van der Waals surface area contributed by atoms with E-state index in [2.05, 4.69) is 4.98 Å². The van der Waals surface area contributed by atoms with Gasteiger partial charge in [0.15, 0.2) is 0 Å². The van der Waals surface area contributed by atoms with Crippen LogP contribution in [0.25, 0.3) is 11.0 Å². The van der Waals surface area contributed by atoms with Crippen molar-refractivity contribution in [2.45, 2.75) is 18.3 Å². The van der Waals surface area contributed by atoms with E-state index in [4.69, 9.17) is 28.3 Å². The number of imidazole rings is 1. The van der Waals surface area contributed by atoms with Crippen LogP contribution in [0.2, 0.25) is 5.02 Å². The molecular formula is C13H13Cl2N3O2. The van der Waals surface area contributed by atoms with Gasteiger partial charge in [-0.3, -0.25) is 0 Å².